The van der Waals surface area contributed by atoms with Crippen molar-refractivity contribution in [3.05, 3.63) is 75.6 Å². The molecule has 2 N–H and O–H groups in total. The molecule has 0 saturated heterocycles. The van der Waals surface area contributed by atoms with Crippen LogP contribution in [-0.4, -0.2) is 21.0 Å². The molecule has 0 atom stereocenters. The van der Waals surface area contributed by atoms with Crippen LogP contribution in [0.5, 0.6) is 0 Å². The minimum Gasteiger partial charge on any atom is -0.342 e. The van der Waals surface area contributed by atoms with Crippen LogP contribution in [0, 0.1) is 6.92 Å². The van der Waals surface area contributed by atoms with Gasteiger partial charge in [0.05, 0.1) is 12.1 Å². The number of H-pyrrole nitrogens is 1. The van der Waals surface area contributed by atoms with Gasteiger partial charge < -0.3 is 15.2 Å². The molecule has 1 aliphatic rings. The molecule has 0 amide bonds. The number of aromatic nitrogens is 1. The average Bonchev–Trinajstić information content (AvgIpc) is 2.79. The number of fused-ring (bicyclic) bond motifs is 1. The number of rotatable bonds is 5. The molecule has 4 rings (SSSR count). The van der Waals surface area contributed by atoms with Crippen molar-refractivity contribution in [1.82, 2.24) is 9.88 Å². The second-order valence-corrected chi connectivity index (χ2v) is 8.91. The molecule has 162 valence electrons. The van der Waals surface area contributed by atoms with Gasteiger partial charge in [-0.2, -0.15) is 0 Å². The van der Waals surface area contributed by atoms with Crippen molar-refractivity contribution >= 4 is 33.9 Å². The highest BCUT2D eigenvalue weighted by Gasteiger charge is 2.25. The molecular formula is C26H31N3OS. The Labute approximate surface area is 189 Å². The van der Waals surface area contributed by atoms with E-state index in [4.69, 9.17) is 12.2 Å². The van der Waals surface area contributed by atoms with Gasteiger partial charge in [-0.15, -0.1) is 0 Å². The summed E-state index contributed by atoms with van der Waals surface area (Å²) in [6.45, 7) is 4.69. The predicted molar refractivity (Wildman–Crippen MR) is 134 cm³/mol. The molecule has 3 aromatic rings. The molecular weight excluding hydrogens is 402 g/mol. The summed E-state index contributed by atoms with van der Waals surface area (Å²) in [5, 5.41) is 5.26. The number of aromatic amines is 1. The quantitative estimate of drug-likeness (QED) is 0.490. The van der Waals surface area contributed by atoms with E-state index in [1.807, 2.05) is 31.2 Å². The first-order chi connectivity index (χ1) is 15.1. The SMILES string of the molecule is CCc1ccccc1NC(=S)N(Cc1cc2cccc(C)c2[nH]c1=O)C1CCCCC1. The lowest BCUT2D eigenvalue weighted by Gasteiger charge is -2.36. The molecule has 1 saturated carbocycles. The fraction of sp³-hybridized carbons (Fsp3) is 0.385. The first-order valence-corrected chi connectivity index (χ1v) is 11.7. The van der Waals surface area contributed by atoms with Gasteiger partial charge in [-0.05, 0) is 67.0 Å². The lowest BCUT2D eigenvalue weighted by molar-refractivity contribution is 0.240. The number of benzene rings is 2. The Morgan fingerprint density at radius 1 is 1.10 bits per heavy atom. The summed E-state index contributed by atoms with van der Waals surface area (Å²) in [6.07, 6.45) is 6.87. The third kappa shape index (κ3) is 4.82. The Balaban J connectivity index is 1.65. The van der Waals surface area contributed by atoms with E-state index in [0.717, 1.165) is 47.0 Å². The highest BCUT2D eigenvalue weighted by molar-refractivity contribution is 7.80. The molecule has 0 bridgehead atoms. The maximum Gasteiger partial charge on any atom is 0.253 e. The molecule has 1 aliphatic carbocycles. The fourth-order valence-electron chi connectivity index (χ4n) is 4.63. The topological polar surface area (TPSA) is 48.1 Å². The number of para-hydroxylation sites is 2. The Bertz CT molecular complexity index is 1130. The van der Waals surface area contributed by atoms with Crippen LogP contribution in [0.25, 0.3) is 10.9 Å². The van der Waals surface area contributed by atoms with Crippen LogP contribution in [-0.2, 0) is 13.0 Å². The summed E-state index contributed by atoms with van der Waals surface area (Å²) < 4.78 is 0. The minimum absolute atomic E-state index is 0.0284. The van der Waals surface area contributed by atoms with Crippen LogP contribution in [0.2, 0.25) is 0 Å². The monoisotopic (exact) mass is 433 g/mol. The van der Waals surface area contributed by atoms with Gasteiger partial charge in [-0.3, -0.25) is 4.79 Å². The lowest BCUT2D eigenvalue weighted by atomic mass is 9.94. The zero-order chi connectivity index (χ0) is 21.8. The van der Waals surface area contributed by atoms with Gasteiger partial charge in [0.25, 0.3) is 5.56 Å². The van der Waals surface area contributed by atoms with E-state index in [1.165, 1.54) is 24.8 Å². The molecule has 0 spiro atoms. The first kappa shape index (κ1) is 21.6. The normalized spacial score (nSPS) is 14.5. The van der Waals surface area contributed by atoms with Crippen molar-refractivity contribution in [3.8, 4) is 0 Å². The highest BCUT2D eigenvalue weighted by atomic mass is 32.1. The van der Waals surface area contributed by atoms with E-state index in [-0.39, 0.29) is 5.56 Å². The van der Waals surface area contributed by atoms with Crippen molar-refractivity contribution in [2.45, 2.75) is 65.0 Å². The number of anilines is 1. The molecule has 2 aromatic carbocycles. The van der Waals surface area contributed by atoms with Gasteiger partial charge in [0, 0.05) is 17.3 Å². The Hall–Kier alpha value is -2.66. The predicted octanol–water partition coefficient (Wildman–Crippen LogP) is 5.93. The van der Waals surface area contributed by atoms with Crippen molar-refractivity contribution in [3.63, 3.8) is 0 Å². The molecule has 1 fully saturated rings. The fourth-order valence-corrected chi connectivity index (χ4v) is 4.95. The number of nitrogens with one attached hydrogen (secondary N) is 2. The number of hydrogen-bond donors (Lipinski definition) is 2. The Morgan fingerprint density at radius 2 is 1.87 bits per heavy atom. The second-order valence-electron chi connectivity index (χ2n) is 8.52. The number of pyridine rings is 1. The maximum atomic E-state index is 12.9. The van der Waals surface area contributed by atoms with Crippen LogP contribution < -0.4 is 10.9 Å². The molecule has 0 unspecified atom stereocenters. The first-order valence-electron chi connectivity index (χ1n) is 11.3. The van der Waals surface area contributed by atoms with E-state index >= 15 is 0 Å². The third-order valence-corrected chi connectivity index (χ3v) is 6.76. The molecule has 31 heavy (non-hydrogen) atoms. The number of hydrogen-bond acceptors (Lipinski definition) is 2. The van der Waals surface area contributed by atoms with E-state index in [1.54, 1.807) is 0 Å². The molecule has 0 radical (unpaired) electrons. The molecule has 1 aromatic heterocycles. The molecule has 5 heteroatoms. The molecule has 4 nitrogen and oxygen atoms in total. The number of aryl methyl sites for hydroxylation is 2. The van der Waals surface area contributed by atoms with Crippen molar-refractivity contribution in [2.75, 3.05) is 5.32 Å². The van der Waals surface area contributed by atoms with E-state index < -0.39 is 0 Å². The second kappa shape index (κ2) is 9.65. The summed E-state index contributed by atoms with van der Waals surface area (Å²) in [5.41, 5.74) is 5.03. The van der Waals surface area contributed by atoms with Gasteiger partial charge in [0.2, 0.25) is 0 Å². The smallest absolute Gasteiger partial charge is 0.253 e. The van der Waals surface area contributed by atoms with Gasteiger partial charge >= 0.3 is 0 Å². The standard InChI is InChI=1S/C26H31N3OS/c1-3-19-11-7-8-15-23(19)27-26(31)29(22-13-5-4-6-14-22)17-21-16-20-12-9-10-18(2)24(20)28-25(21)30/h7-12,15-16,22H,3-6,13-14,17H2,1-2H3,(H,27,31)(H,28,30). The van der Waals surface area contributed by atoms with Gasteiger partial charge in [0.1, 0.15) is 0 Å². The van der Waals surface area contributed by atoms with E-state index in [2.05, 4.69) is 46.4 Å². The van der Waals surface area contributed by atoms with Crippen LogP contribution in [0.4, 0.5) is 5.69 Å². The molecule has 0 aliphatic heterocycles. The van der Waals surface area contributed by atoms with Crippen molar-refractivity contribution in [2.24, 2.45) is 0 Å². The summed E-state index contributed by atoms with van der Waals surface area (Å²) in [7, 11) is 0. The van der Waals surface area contributed by atoms with Gasteiger partial charge in [-0.25, -0.2) is 0 Å². The zero-order valence-electron chi connectivity index (χ0n) is 18.4. The van der Waals surface area contributed by atoms with Crippen molar-refractivity contribution < 1.29 is 0 Å². The van der Waals surface area contributed by atoms with E-state index in [9.17, 15) is 4.79 Å². The van der Waals surface area contributed by atoms with Crippen molar-refractivity contribution in [1.29, 1.82) is 0 Å². The number of nitrogens with zero attached hydrogens (tertiary/aromatic N) is 1. The lowest BCUT2D eigenvalue weighted by Crippen LogP contribution is -2.44. The Morgan fingerprint density at radius 3 is 2.65 bits per heavy atom. The van der Waals surface area contributed by atoms with Crippen LogP contribution in [0.1, 0.15) is 55.7 Å². The van der Waals surface area contributed by atoms with Gasteiger partial charge in [0.15, 0.2) is 5.11 Å². The summed E-state index contributed by atoms with van der Waals surface area (Å²) in [4.78, 5) is 18.3. The largest absolute Gasteiger partial charge is 0.342 e. The zero-order valence-corrected chi connectivity index (χ0v) is 19.2. The summed E-state index contributed by atoms with van der Waals surface area (Å²) >= 11 is 5.91. The van der Waals surface area contributed by atoms with Gasteiger partial charge in [-0.1, -0.05) is 62.6 Å². The Kier molecular flexibility index (Phi) is 6.71. The highest BCUT2D eigenvalue weighted by Crippen LogP contribution is 2.26. The molecule has 1 heterocycles. The summed E-state index contributed by atoms with van der Waals surface area (Å²) in [5.74, 6) is 0. The third-order valence-electron chi connectivity index (χ3n) is 6.42. The summed E-state index contributed by atoms with van der Waals surface area (Å²) in [6, 6.07) is 16.8. The van der Waals surface area contributed by atoms with Crippen LogP contribution in [0.15, 0.2) is 53.3 Å². The van der Waals surface area contributed by atoms with E-state index in [0.29, 0.717) is 17.7 Å². The van der Waals surface area contributed by atoms with Crippen LogP contribution in [0.3, 0.4) is 0 Å². The number of thiocarbonyl (C=S) groups is 1. The average molecular weight is 434 g/mol. The minimum atomic E-state index is -0.0284. The van der Waals surface area contributed by atoms with Crippen LogP contribution >= 0.6 is 12.2 Å². The maximum absolute atomic E-state index is 12.9.